The fourth-order valence-electron chi connectivity index (χ4n) is 1.83. The molecule has 0 aliphatic carbocycles. The molecule has 5 heteroatoms. The molecule has 1 fully saturated rings. The highest BCUT2D eigenvalue weighted by Gasteiger charge is 2.36. The summed E-state index contributed by atoms with van der Waals surface area (Å²) < 4.78 is 0. The van der Waals surface area contributed by atoms with Crippen molar-refractivity contribution in [2.75, 3.05) is 18.0 Å². The van der Waals surface area contributed by atoms with Crippen LogP contribution in [0.1, 0.15) is 13.3 Å². The van der Waals surface area contributed by atoms with Crippen LogP contribution in [0.15, 0.2) is 24.3 Å². The van der Waals surface area contributed by atoms with Gasteiger partial charge in [0.1, 0.15) is 6.54 Å². The van der Waals surface area contributed by atoms with Crippen LogP contribution in [0.5, 0.6) is 0 Å². The van der Waals surface area contributed by atoms with Gasteiger partial charge >= 0.3 is 6.03 Å². The molecule has 1 aliphatic rings. The van der Waals surface area contributed by atoms with Crippen LogP contribution in [0.2, 0.25) is 5.02 Å². The van der Waals surface area contributed by atoms with Gasteiger partial charge in [-0.25, -0.2) is 4.79 Å². The van der Waals surface area contributed by atoms with Gasteiger partial charge in [0.2, 0.25) is 0 Å². The highest BCUT2D eigenvalue weighted by molar-refractivity contribution is 6.31. The monoisotopic (exact) mass is 252 g/mol. The SMILES string of the molecule is CCCN1C(=O)CN(c2cccc(Cl)c2)C1=O. The van der Waals surface area contributed by atoms with Gasteiger partial charge < -0.3 is 0 Å². The molecule has 1 aromatic rings. The Balaban J connectivity index is 2.24. The van der Waals surface area contributed by atoms with Crippen molar-refractivity contribution < 1.29 is 9.59 Å². The first-order chi connectivity index (χ1) is 8.13. The number of benzene rings is 1. The fourth-order valence-corrected chi connectivity index (χ4v) is 2.01. The summed E-state index contributed by atoms with van der Waals surface area (Å²) in [4.78, 5) is 26.4. The first-order valence-electron chi connectivity index (χ1n) is 5.51. The number of anilines is 1. The number of hydrogen-bond acceptors (Lipinski definition) is 2. The van der Waals surface area contributed by atoms with Crippen LogP contribution in [0.25, 0.3) is 0 Å². The molecule has 0 spiro atoms. The van der Waals surface area contributed by atoms with Crippen LogP contribution >= 0.6 is 11.6 Å². The van der Waals surface area contributed by atoms with Gasteiger partial charge in [0, 0.05) is 17.3 Å². The van der Waals surface area contributed by atoms with Gasteiger partial charge in [-0.15, -0.1) is 0 Å². The summed E-state index contributed by atoms with van der Waals surface area (Å²) in [5.41, 5.74) is 0.662. The Labute approximate surface area is 105 Å². The van der Waals surface area contributed by atoms with Crippen LogP contribution in [-0.4, -0.2) is 29.9 Å². The Morgan fingerprint density at radius 1 is 1.35 bits per heavy atom. The predicted molar refractivity (Wildman–Crippen MR) is 66.2 cm³/mol. The average Bonchev–Trinajstić information content (AvgIpc) is 2.57. The second-order valence-electron chi connectivity index (χ2n) is 3.89. The molecule has 17 heavy (non-hydrogen) atoms. The lowest BCUT2D eigenvalue weighted by atomic mass is 10.3. The second-order valence-corrected chi connectivity index (χ2v) is 4.33. The molecule has 0 N–H and O–H groups in total. The third-order valence-corrected chi connectivity index (χ3v) is 2.86. The molecule has 0 bridgehead atoms. The molecule has 90 valence electrons. The van der Waals surface area contributed by atoms with E-state index in [-0.39, 0.29) is 18.5 Å². The van der Waals surface area contributed by atoms with Crippen LogP contribution in [0.4, 0.5) is 10.5 Å². The molecule has 0 saturated carbocycles. The van der Waals surface area contributed by atoms with Crippen molar-refractivity contribution in [2.24, 2.45) is 0 Å². The molecule has 1 aromatic carbocycles. The number of hydrogen-bond donors (Lipinski definition) is 0. The van der Waals surface area contributed by atoms with Crippen molar-refractivity contribution in [2.45, 2.75) is 13.3 Å². The Morgan fingerprint density at radius 2 is 2.12 bits per heavy atom. The summed E-state index contributed by atoms with van der Waals surface area (Å²) in [6.45, 7) is 2.50. The number of nitrogens with zero attached hydrogens (tertiary/aromatic N) is 2. The van der Waals surface area contributed by atoms with Crippen molar-refractivity contribution in [1.82, 2.24) is 4.90 Å². The molecule has 2 rings (SSSR count). The van der Waals surface area contributed by atoms with Gasteiger partial charge in [-0.3, -0.25) is 14.6 Å². The third kappa shape index (κ3) is 2.26. The number of imide groups is 1. The third-order valence-electron chi connectivity index (χ3n) is 2.62. The standard InChI is InChI=1S/C12H13ClN2O2/c1-2-6-14-11(16)8-15(12(14)17)10-5-3-4-9(13)7-10/h3-5,7H,2,6,8H2,1H3. The van der Waals surface area contributed by atoms with Crippen molar-refractivity contribution in [3.05, 3.63) is 29.3 Å². The van der Waals surface area contributed by atoms with Gasteiger partial charge in [-0.05, 0) is 24.6 Å². The molecule has 3 amide bonds. The number of amides is 3. The van der Waals surface area contributed by atoms with Crippen LogP contribution in [0, 0.1) is 0 Å². The number of carbonyl (C=O) groups is 2. The van der Waals surface area contributed by atoms with E-state index < -0.39 is 0 Å². The van der Waals surface area contributed by atoms with Crippen molar-refractivity contribution in [3.63, 3.8) is 0 Å². The molecule has 1 heterocycles. The molecular weight excluding hydrogens is 240 g/mol. The van der Waals surface area contributed by atoms with Crippen molar-refractivity contribution in [3.8, 4) is 0 Å². The van der Waals surface area contributed by atoms with E-state index in [4.69, 9.17) is 11.6 Å². The highest BCUT2D eigenvalue weighted by Crippen LogP contribution is 2.23. The van der Waals surface area contributed by atoms with E-state index in [1.807, 2.05) is 6.92 Å². The summed E-state index contributed by atoms with van der Waals surface area (Å²) in [5.74, 6) is -0.156. The Kier molecular flexibility index (Phi) is 3.33. The van der Waals surface area contributed by atoms with Gasteiger partial charge in [-0.1, -0.05) is 24.6 Å². The lowest BCUT2D eigenvalue weighted by molar-refractivity contribution is -0.124. The van der Waals surface area contributed by atoms with Gasteiger partial charge in [0.25, 0.3) is 5.91 Å². The van der Waals surface area contributed by atoms with Gasteiger partial charge in [0.05, 0.1) is 0 Å². The minimum Gasteiger partial charge on any atom is -0.284 e. The molecule has 1 saturated heterocycles. The van der Waals surface area contributed by atoms with E-state index >= 15 is 0 Å². The average molecular weight is 253 g/mol. The van der Waals surface area contributed by atoms with E-state index in [0.29, 0.717) is 17.3 Å². The minimum atomic E-state index is -0.265. The smallest absolute Gasteiger partial charge is 0.284 e. The highest BCUT2D eigenvalue weighted by atomic mass is 35.5. The number of rotatable bonds is 3. The lowest BCUT2D eigenvalue weighted by Crippen LogP contribution is -2.33. The summed E-state index contributed by atoms with van der Waals surface area (Å²) >= 11 is 5.87. The predicted octanol–water partition coefficient (Wildman–Crippen LogP) is 2.52. The molecule has 0 radical (unpaired) electrons. The van der Waals surface area contributed by atoms with E-state index in [9.17, 15) is 9.59 Å². The largest absolute Gasteiger partial charge is 0.331 e. The van der Waals surface area contributed by atoms with Crippen LogP contribution < -0.4 is 4.90 Å². The quantitative estimate of drug-likeness (QED) is 0.776. The van der Waals surface area contributed by atoms with Crippen LogP contribution in [0.3, 0.4) is 0 Å². The van der Waals surface area contributed by atoms with E-state index in [1.165, 1.54) is 9.80 Å². The maximum absolute atomic E-state index is 12.0. The maximum atomic E-state index is 12.0. The summed E-state index contributed by atoms with van der Waals surface area (Å²) in [7, 11) is 0. The topological polar surface area (TPSA) is 40.6 Å². The van der Waals surface area contributed by atoms with E-state index in [2.05, 4.69) is 0 Å². The second kappa shape index (κ2) is 4.75. The molecule has 4 nitrogen and oxygen atoms in total. The lowest BCUT2D eigenvalue weighted by Gasteiger charge is -2.16. The fraction of sp³-hybridized carbons (Fsp3) is 0.333. The molecule has 1 aliphatic heterocycles. The van der Waals surface area contributed by atoms with Crippen molar-refractivity contribution >= 4 is 29.2 Å². The van der Waals surface area contributed by atoms with Gasteiger partial charge in [-0.2, -0.15) is 0 Å². The zero-order valence-electron chi connectivity index (χ0n) is 9.52. The normalized spacial score (nSPS) is 15.9. The molecule has 0 unspecified atom stereocenters. The first-order valence-corrected chi connectivity index (χ1v) is 5.88. The molecule has 0 atom stereocenters. The maximum Gasteiger partial charge on any atom is 0.331 e. The number of halogens is 1. The van der Waals surface area contributed by atoms with E-state index in [1.54, 1.807) is 24.3 Å². The number of carbonyl (C=O) groups excluding carboxylic acids is 2. The van der Waals surface area contributed by atoms with Crippen LogP contribution in [-0.2, 0) is 4.79 Å². The Hall–Kier alpha value is -1.55. The molecular formula is C12H13ClN2O2. The summed E-state index contributed by atoms with van der Waals surface area (Å²) in [5, 5.41) is 0.552. The van der Waals surface area contributed by atoms with Gasteiger partial charge in [0.15, 0.2) is 0 Å². The number of urea groups is 1. The zero-order chi connectivity index (χ0) is 12.4. The minimum absolute atomic E-state index is 0.0964. The summed E-state index contributed by atoms with van der Waals surface area (Å²) in [6.07, 6.45) is 0.765. The molecule has 0 aromatic heterocycles. The Bertz CT molecular complexity index is 462. The summed E-state index contributed by atoms with van der Waals surface area (Å²) in [6, 6.07) is 6.68. The van der Waals surface area contributed by atoms with Crippen molar-refractivity contribution in [1.29, 1.82) is 0 Å². The zero-order valence-corrected chi connectivity index (χ0v) is 10.3. The Morgan fingerprint density at radius 3 is 2.76 bits per heavy atom. The first kappa shape index (κ1) is 11.9. The van der Waals surface area contributed by atoms with E-state index in [0.717, 1.165) is 6.42 Å².